The van der Waals surface area contributed by atoms with Crippen LogP contribution in [0.1, 0.15) is 164 Å². The Morgan fingerprint density at radius 2 is 1.41 bits per heavy atom. The van der Waals surface area contributed by atoms with E-state index in [2.05, 4.69) is 47.3 Å². The first kappa shape index (κ1) is 74.6. The zero-order chi connectivity index (χ0) is 69.1. The summed E-state index contributed by atoms with van der Waals surface area (Å²) in [7, 11) is 0. The SMILES string of the molecule is CC(C)[C@@H]1NC(=O)C(C)(C)/C=C/c2cc3cc(ccc3cn2)[C@@H](C)NC(=O)[C@@H]2CCCN(N2)C(=O)[C@H](C)NC1=O.CC(C)[C@H](NC(=O)C(C)(C)/C=C/c1cc2cc([C@@H](C)NC(=O)OC(C)(C)C)ccc2cn1)C(=O)N[C@@H](C)C(=O)N1CCC[C@@H](C(=O)OCC(Cl)(Cl)Cl)C1. The predicted octanol–water partition coefficient (Wildman–Crippen LogP) is 9.26. The fraction of sp³-hybridized carbons (Fsp3) is 0.544. The number of aromatic nitrogens is 2. The lowest BCUT2D eigenvalue weighted by molar-refractivity contribution is -0.152. The number of rotatable bonds is 13. The highest BCUT2D eigenvalue weighted by molar-refractivity contribution is 6.67. The van der Waals surface area contributed by atoms with Crippen LogP contribution in [0.5, 0.6) is 0 Å². The number of halogens is 3. The molecule has 2 aromatic heterocycles. The molecule has 0 saturated carbocycles. The molecule has 2 aromatic carbocycles. The number of pyridine rings is 2. The van der Waals surface area contributed by atoms with Crippen LogP contribution in [0.25, 0.3) is 33.7 Å². The van der Waals surface area contributed by atoms with E-state index in [4.69, 9.17) is 44.3 Å². The van der Waals surface area contributed by atoms with Crippen molar-refractivity contribution in [3.8, 4) is 0 Å². The second kappa shape index (κ2) is 31.7. The molecular weight excluding hydrogens is 1250 g/mol. The van der Waals surface area contributed by atoms with E-state index in [1.807, 2.05) is 76.2 Å². The van der Waals surface area contributed by atoms with Crippen molar-refractivity contribution in [2.24, 2.45) is 28.6 Å². The molecule has 2 fully saturated rings. The maximum absolute atomic E-state index is 13.5. The third kappa shape index (κ3) is 21.6. The second-order valence-corrected chi connectivity index (χ2v) is 29.7. The number of hydrazine groups is 1. The van der Waals surface area contributed by atoms with E-state index in [1.54, 1.807) is 113 Å². The van der Waals surface area contributed by atoms with Crippen molar-refractivity contribution in [3.63, 3.8) is 0 Å². The van der Waals surface area contributed by atoms with Gasteiger partial charge < -0.3 is 46.3 Å². The molecule has 22 nitrogen and oxygen atoms in total. The van der Waals surface area contributed by atoms with Crippen LogP contribution in [0.3, 0.4) is 0 Å². The molecule has 4 aromatic rings. The first-order chi connectivity index (χ1) is 43.3. The number of piperidine rings is 1. The Hall–Kier alpha value is -7.40. The minimum Gasteiger partial charge on any atom is -0.461 e. The summed E-state index contributed by atoms with van der Waals surface area (Å²) in [6.45, 7) is 27.2. The van der Waals surface area contributed by atoms with Gasteiger partial charge in [0.05, 0.1) is 40.2 Å². The molecule has 3 aliphatic heterocycles. The van der Waals surface area contributed by atoms with E-state index >= 15 is 0 Å². The molecule has 506 valence electrons. The lowest BCUT2D eigenvalue weighted by Crippen LogP contribution is -2.62. The number of fused-ring (bicyclic) bond motifs is 5. The number of nitrogens with one attached hydrogen (secondary N) is 7. The molecule has 25 heteroatoms. The number of amides is 8. The third-order valence-electron chi connectivity index (χ3n) is 16.3. The van der Waals surface area contributed by atoms with Crippen molar-refractivity contribution in [2.75, 3.05) is 26.2 Å². The number of hydrogen-bond donors (Lipinski definition) is 7. The fourth-order valence-electron chi connectivity index (χ4n) is 10.5. The molecule has 5 bridgehead atoms. The summed E-state index contributed by atoms with van der Waals surface area (Å²) >= 11 is 17.1. The molecule has 93 heavy (non-hydrogen) atoms. The number of nitrogens with zero attached hydrogens (tertiary/aromatic N) is 4. The van der Waals surface area contributed by atoms with E-state index < -0.39 is 86.8 Å². The molecule has 8 amide bonds. The molecule has 5 heterocycles. The topological polar surface area (TPSA) is 289 Å². The van der Waals surface area contributed by atoms with Gasteiger partial charge in [-0.2, -0.15) is 0 Å². The highest BCUT2D eigenvalue weighted by Crippen LogP contribution is 2.30. The summed E-state index contributed by atoms with van der Waals surface area (Å²) in [6, 6.07) is 10.9. The Kier molecular flexibility index (Phi) is 25.4. The van der Waals surface area contributed by atoms with Gasteiger partial charge in [-0.25, -0.2) is 10.2 Å². The molecule has 7 N–H and O–H groups in total. The minimum atomic E-state index is -1.74. The predicted molar refractivity (Wildman–Crippen MR) is 361 cm³/mol. The molecule has 2 saturated heterocycles. The number of alkyl carbamates (subject to hydrolysis) is 1. The fourth-order valence-corrected chi connectivity index (χ4v) is 10.7. The van der Waals surface area contributed by atoms with Gasteiger partial charge in [0.2, 0.25) is 39.2 Å². The van der Waals surface area contributed by atoms with Crippen LogP contribution in [-0.4, -0.2) is 139 Å². The number of carbonyl (C=O) groups excluding carboxylic acids is 9. The summed E-state index contributed by atoms with van der Waals surface area (Å²) in [5.74, 6) is -4.22. The highest BCUT2D eigenvalue weighted by Gasteiger charge is 2.38. The largest absolute Gasteiger partial charge is 0.461 e. The van der Waals surface area contributed by atoms with E-state index in [0.29, 0.717) is 50.2 Å². The van der Waals surface area contributed by atoms with E-state index in [0.717, 1.165) is 32.7 Å². The van der Waals surface area contributed by atoms with E-state index in [1.165, 1.54) is 9.91 Å². The standard InChI is InChI=1S/C38H52Cl3N5O7.C30H40N6O4/c1-22(2)30(31(47)43-24(4)32(48)46-16-10-11-27(20-46)33(49)52-21-38(39,40)41)45-34(50)37(8,9)15-14-29-18-28-17-25(12-13-26(28)19-42-29)23(3)44-35(51)53-36(5,6)7;1-17(2)25-27(38)33-19(4)28(39)36-13-7-8-24(35-36)26(37)32-18(3)20-9-10-21-16-31-23(15-22(21)14-20)11-12-30(5,6)29(40)34-25/h12-15,17-19,22-24,27,30H,10-11,16,20-21H2,1-9H3,(H,43,47)(H,44,51)(H,45,50);9-12,14-19,24-25,35H,7-8,13H2,1-6H3,(H,32,37)(H,33,38)(H,34,40)/b15-14+;12-11+/t23-,24+,27-,30+;18-,19+,24+,25+/m11/s1. The second-order valence-electron chi connectivity index (χ2n) is 27.2. The quantitative estimate of drug-likeness (QED) is 0.0485. The van der Waals surface area contributed by atoms with Crippen LogP contribution >= 0.6 is 34.8 Å². The average molecular weight is 1350 g/mol. The molecule has 0 unspecified atom stereocenters. The Morgan fingerprint density at radius 3 is 2.06 bits per heavy atom. The van der Waals surface area contributed by atoms with E-state index in [9.17, 15) is 43.2 Å². The molecule has 3 aliphatic rings. The van der Waals surface area contributed by atoms with Gasteiger partial charge in [-0.05, 0) is 172 Å². The van der Waals surface area contributed by atoms with Crippen molar-refractivity contribution >= 4 is 122 Å². The van der Waals surface area contributed by atoms with Crippen molar-refractivity contribution in [2.45, 2.75) is 181 Å². The van der Waals surface area contributed by atoms with Gasteiger partial charge >= 0.3 is 12.1 Å². The van der Waals surface area contributed by atoms with Crippen molar-refractivity contribution in [1.29, 1.82) is 0 Å². The summed E-state index contributed by atoms with van der Waals surface area (Å²) < 4.78 is 8.75. The number of ether oxygens (including phenoxy) is 2. The third-order valence-corrected chi connectivity index (χ3v) is 16.6. The number of carbonyl (C=O) groups is 9. The first-order valence-corrected chi connectivity index (χ1v) is 32.7. The highest BCUT2D eigenvalue weighted by atomic mass is 35.6. The summed E-state index contributed by atoms with van der Waals surface area (Å²) in [5, 5.41) is 22.3. The summed E-state index contributed by atoms with van der Waals surface area (Å²) in [6.07, 6.45) is 12.4. The summed E-state index contributed by atoms with van der Waals surface area (Å²) in [4.78, 5) is 129. The van der Waals surface area contributed by atoms with Gasteiger partial charge in [0.25, 0.3) is 5.91 Å². The van der Waals surface area contributed by atoms with Gasteiger partial charge in [-0.15, -0.1) is 0 Å². The van der Waals surface area contributed by atoms with Gasteiger partial charge in [-0.1, -0.05) is 98.9 Å². The minimum absolute atomic E-state index is 0.111. The van der Waals surface area contributed by atoms with Crippen LogP contribution in [-0.2, 0) is 47.8 Å². The lowest BCUT2D eigenvalue weighted by Gasteiger charge is -2.35. The number of benzene rings is 2. The number of likely N-dealkylation sites (tertiary alicyclic amines) is 1. The van der Waals surface area contributed by atoms with Crippen LogP contribution in [0.2, 0.25) is 0 Å². The van der Waals surface area contributed by atoms with Gasteiger partial charge in [-0.3, -0.25) is 53.3 Å². The molecule has 0 radical (unpaired) electrons. The van der Waals surface area contributed by atoms with Gasteiger partial charge in [0, 0.05) is 42.8 Å². The normalized spacial score (nSPS) is 21.5. The van der Waals surface area contributed by atoms with E-state index in [-0.39, 0.29) is 60.0 Å². The van der Waals surface area contributed by atoms with Gasteiger partial charge in [0.1, 0.15) is 42.4 Å². The molecule has 0 aliphatic carbocycles. The maximum atomic E-state index is 13.5. The monoisotopic (exact) mass is 1340 g/mol. The smallest absolute Gasteiger partial charge is 0.408 e. The molecule has 7 rings (SSSR count). The summed E-state index contributed by atoms with van der Waals surface area (Å²) in [5.41, 5.74) is 3.60. The van der Waals surface area contributed by atoms with Crippen LogP contribution in [0.4, 0.5) is 4.79 Å². The zero-order valence-electron chi connectivity index (χ0n) is 55.9. The average Bonchev–Trinajstić information content (AvgIpc) is 1.23. The maximum Gasteiger partial charge on any atom is 0.408 e. The number of alkyl halides is 3. The molecule has 8 atom stereocenters. The Balaban J connectivity index is 0.000000306. The number of hydrogen-bond acceptors (Lipinski definition) is 14. The van der Waals surface area contributed by atoms with Crippen LogP contribution in [0.15, 0.2) is 73.1 Å². The lowest BCUT2D eigenvalue weighted by atomic mass is 9.90. The molecular formula is C68H92Cl3N11O11. The Morgan fingerprint density at radius 1 is 0.763 bits per heavy atom. The van der Waals surface area contributed by atoms with Gasteiger partial charge in [0.15, 0.2) is 0 Å². The van der Waals surface area contributed by atoms with Crippen molar-refractivity contribution in [1.82, 2.24) is 57.2 Å². The Bertz CT molecular complexity index is 3470. The number of esters is 1. The van der Waals surface area contributed by atoms with Crippen LogP contribution in [0, 0.1) is 28.6 Å². The first-order valence-electron chi connectivity index (χ1n) is 31.6. The Labute approximate surface area is 560 Å². The van der Waals surface area contributed by atoms with Crippen molar-refractivity contribution < 1.29 is 52.6 Å². The zero-order valence-corrected chi connectivity index (χ0v) is 58.2. The molecule has 0 spiro atoms. The van der Waals surface area contributed by atoms with Crippen molar-refractivity contribution in [3.05, 3.63) is 95.6 Å². The van der Waals surface area contributed by atoms with Crippen LogP contribution < -0.4 is 37.3 Å².